The summed E-state index contributed by atoms with van der Waals surface area (Å²) in [6, 6.07) is 4.77. The summed E-state index contributed by atoms with van der Waals surface area (Å²) in [5.74, 6) is -0.770. The third kappa shape index (κ3) is 4.55. The Morgan fingerprint density at radius 3 is 2.64 bits per heavy atom. The molecule has 0 atom stereocenters. The van der Waals surface area contributed by atoms with Gasteiger partial charge in [-0.2, -0.15) is 5.10 Å². The maximum Gasteiger partial charge on any atom is 1.00 e. The number of aromatic nitrogens is 3. The van der Waals surface area contributed by atoms with E-state index in [1.54, 1.807) is 18.4 Å². The molecule has 1 heterocycles. The molecular weight excluding hydrogens is 509 g/mol. The number of carbonyl (C=O) groups is 2. The molecule has 0 saturated carbocycles. The SMILES string of the molecule is CSOC(=O)c1cc(NC(C)=O)cc(-n2cnnc2[S-])c1.[Au+]. The topological polar surface area (TPSA) is 86.1 Å². The molecule has 0 fully saturated rings. The van der Waals surface area contributed by atoms with Gasteiger partial charge < -0.3 is 26.7 Å². The molecule has 0 aliphatic carbocycles. The Morgan fingerprint density at radius 1 is 1.36 bits per heavy atom. The summed E-state index contributed by atoms with van der Waals surface area (Å²) in [5, 5.41) is 10.3. The van der Waals surface area contributed by atoms with Crippen LogP contribution in [0.4, 0.5) is 5.69 Å². The average molecular weight is 520 g/mol. The third-order valence-electron chi connectivity index (χ3n) is 2.43. The van der Waals surface area contributed by atoms with E-state index in [1.807, 2.05) is 0 Å². The molecule has 1 aromatic heterocycles. The zero-order valence-electron chi connectivity index (χ0n) is 11.5. The average Bonchev–Trinajstić information content (AvgIpc) is 2.84. The van der Waals surface area contributed by atoms with Crippen molar-refractivity contribution < 1.29 is 36.2 Å². The Labute approximate surface area is 152 Å². The molecule has 0 aliphatic rings. The second-order valence-electron chi connectivity index (χ2n) is 3.97. The predicted octanol–water partition coefficient (Wildman–Crippen LogP) is 1.56. The van der Waals surface area contributed by atoms with Crippen LogP contribution in [-0.2, 0) is 44.0 Å². The molecule has 2 aromatic rings. The molecule has 120 valence electrons. The Bertz CT molecular complexity index is 693. The maximum atomic E-state index is 11.9. The Morgan fingerprint density at radius 2 is 2.09 bits per heavy atom. The number of hydrogen-bond acceptors (Lipinski definition) is 7. The van der Waals surface area contributed by atoms with Gasteiger partial charge in [-0.05, 0) is 18.2 Å². The number of rotatable bonds is 4. The van der Waals surface area contributed by atoms with Crippen molar-refractivity contribution in [2.75, 3.05) is 11.6 Å². The minimum atomic E-state index is -0.519. The molecule has 0 bridgehead atoms. The molecule has 2 rings (SSSR count). The van der Waals surface area contributed by atoms with Gasteiger partial charge in [0.05, 0.1) is 17.6 Å². The molecule has 1 amide bonds. The molecule has 1 aromatic carbocycles. The van der Waals surface area contributed by atoms with Crippen molar-refractivity contribution in [1.29, 1.82) is 0 Å². The van der Waals surface area contributed by atoms with Crippen molar-refractivity contribution >= 4 is 42.2 Å². The number of benzene rings is 1. The molecule has 0 aliphatic heterocycles. The zero-order valence-corrected chi connectivity index (χ0v) is 15.3. The largest absolute Gasteiger partial charge is 1.00 e. The number of nitrogens with one attached hydrogen (secondary N) is 1. The molecule has 7 nitrogen and oxygen atoms in total. The van der Waals surface area contributed by atoms with Crippen LogP contribution in [0.25, 0.3) is 5.69 Å². The van der Waals surface area contributed by atoms with Crippen LogP contribution in [0.5, 0.6) is 0 Å². The molecule has 22 heavy (non-hydrogen) atoms. The van der Waals surface area contributed by atoms with Crippen molar-refractivity contribution in [2.45, 2.75) is 12.1 Å². The van der Waals surface area contributed by atoms with Crippen LogP contribution in [0.1, 0.15) is 17.3 Å². The summed E-state index contributed by atoms with van der Waals surface area (Å²) in [5.41, 5.74) is 1.30. The Balaban J connectivity index is 0.00000242. The van der Waals surface area contributed by atoms with E-state index in [1.165, 1.54) is 23.9 Å². The number of anilines is 1. The van der Waals surface area contributed by atoms with Gasteiger partial charge in [-0.15, -0.1) is 5.10 Å². The summed E-state index contributed by atoms with van der Waals surface area (Å²) in [6.45, 7) is 1.38. The molecule has 0 unspecified atom stereocenters. The van der Waals surface area contributed by atoms with Crippen LogP contribution >= 0.6 is 12.0 Å². The van der Waals surface area contributed by atoms with Gasteiger partial charge in [-0.25, -0.2) is 4.79 Å². The fourth-order valence-electron chi connectivity index (χ4n) is 1.67. The van der Waals surface area contributed by atoms with Gasteiger partial charge in [-0.3, -0.25) is 4.79 Å². The summed E-state index contributed by atoms with van der Waals surface area (Å²) < 4.78 is 6.41. The van der Waals surface area contributed by atoms with Gasteiger partial charge in [0.25, 0.3) is 0 Å². The standard InChI is InChI=1S/C12H12N4O3S2.Au/c1-7(17)14-9-3-8(11(18)19-21-2)4-10(5-9)16-6-13-15-12(16)20;/h3-6H,1-2H3,(H,14,17)(H,15,20);/q;+1/p-1. The van der Waals surface area contributed by atoms with Crippen molar-refractivity contribution in [3.63, 3.8) is 0 Å². The summed E-state index contributed by atoms with van der Waals surface area (Å²) >= 11 is 5.98. The minimum Gasteiger partial charge on any atom is -0.740 e. The fraction of sp³-hybridized carbons (Fsp3) is 0.167. The van der Waals surface area contributed by atoms with Gasteiger partial charge in [0.2, 0.25) is 5.91 Å². The molecular formula is C12H11AuN4O3S2. The van der Waals surface area contributed by atoms with E-state index in [-0.39, 0.29) is 39.0 Å². The van der Waals surface area contributed by atoms with Gasteiger partial charge in [0.15, 0.2) is 0 Å². The summed E-state index contributed by atoms with van der Waals surface area (Å²) in [7, 11) is 0. The van der Waals surface area contributed by atoms with Gasteiger partial charge >= 0.3 is 28.3 Å². The Kier molecular flexibility index (Phi) is 7.04. The summed E-state index contributed by atoms with van der Waals surface area (Å²) in [6.07, 6.45) is 3.07. The van der Waals surface area contributed by atoms with Crippen molar-refractivity contribution in [3.8, 4) is 5.69 Å². The first-order chi connectivity index (χ1) is 10.0. The Hall–Kier alpha value is -1.39. The van der Waals surface area contributed by atoms with E-state index in [4.69, 9.17) is 16.8 Å². The normalized spacial score (nSPS) is 9.73. The molecule has 0 saturated heterocycles. The van der Waals surface area contributed by atoms with Crippen LogP contribution in [-0.4, -0.2) is 32.9 Å². The van der Waals surface area contributed by atoms with Crippen LogP contribution in [0.15, 0.2) is 29.7 Å². The van der Waals surface area contributed by atoms with E-state index in [9.17, 15) is 9.59 Å². The van der Waals surface area contributed by atoms with E-state index in [0.717, 1.165) is 12.0 Å². The van der Waals surface area contributed by atoms with Gasteiger partial charge in [0.1, 0.15) is 6.33 Å². The zero-order chi connectivity index (χ0) is 15.4. The van der Waals surface area contributed by atoms with E-state index >= 15 is 0 Å². The monoisotopic (exact) mass is 520 g/mol. The first-order valence-corrected chi connectivity index (χ1v) is 7.32. The quantitative estimate of drug-likeness (QED) is 0.372. The van der Waals surface area contributed by atoms with E-state index < -0.39 is 5.97 Å². The van der Waals surface area contributed by atoms with Crippen molar-refractivity contribution in [2.24, 2.45) is 0 Å². The van der Waals surface area contributed by atoms with Crippen molar-refractivity contribution in [1.82, 2.24) is 14.8 Å². The molecule has 10 heteroatoms. The number of nitrogens with zero attached hydrogens (tertiary/aromatic N) is 3. The van der Waals surface area contributed by atoms with Crippen LogP contribution in [0, 0.1) is 0 Å². The van der Waals surface area contributed by atoms with E-state index in [0.29, 0.717) is 11.4 Å². The second kappa shape index (κ2) is 8.30. The number of amides is 1. The number of carbonyl (C=O) groups excluding carboxylic acids is 2. The van der Waals surface area contributed by atoms with Crippen LogP contribution < -0.4 is 5.32 Å². The van der Waals surface area contributed by atoms with Crippen LogP contribution in [0.2, 0.25) is 0 Å². The smallest absolute Gasteiger partial charge is 0.740 e. The second-order valence-corrected chi connectivity index (χ2v) is 4.84. The first kappa shape index (κ1) is 18.7. The fourth-order valence-corrected chi connectivity index (χ4v) is 2.12. The first-order valence-electron chi connectivity index (χ1n) is 5.76. The number of hydrogen-bond donors (Lipinski definition) is 1. The van der Waals surface area contributed by atoms with Crippen molar-refractivity contribution in [3.05, 3.63) is 30.1 Å². The maximum absolute atomic E-state index is 11.9. The van der Waals surface area contributed by atoms with Gasteiger partial charge in [0, 0.05) is 29.7 Å². The van der Waals surface area contributed by atoms with Crippen LogP contribution in [0.3, 0.4) is 0 Å². The predicted molar refractivity (Wildman–Crippen MR) is 80.2 cm³/mol. The van der Waals surface area contributed by atoms with E-state index in [2.05, 4.69) is 15.5 Å². The molecule has 0 spiro atoms. The van der Waals surface area contributed by atoms with Gasteiger partial charge in [-0.1, -0.05) is 0 Å². The minimum absolute atomic E-state index is 0. The molecule has 1 N–H and O–H groups in total. The summed E-state index contributed by atoms with van der Waals surface area (Å²) in [4.78, 5) is 23.1. The molecule has 0 radical (unpaired) electrons. The third-order valence-corrected chi connectivity index (χ3v) is 3.02.